The molecule has 7 heteroatoms. The molecule has 1 aromatic carbocycles. The number of nitrogens with zero attached hydrogens (tertiary/aromatic N) is 1. The summed E-state index contributed by atoms with van der Waals surface area (Å²) in [7, 11) is 0. The van der Waals surface area contributed by atoms with Gasteiger partial charge in [0.05, 0.1) is 6.61 Å². The van der Waals surface area contributed by atoms with Crippen LogP contribution in [0, 0.1) is 0 Å². The number of carbonyl (C=O) groups is 1. The number of rotatable bonds is 4. The fourth-order valence-corrected chi connectivity index (χ4v) is 2.17. The van der Waals surface area contributed by atoms with Crippen molar-refractivity contribution in [1.82, 2.24) is 0 Å². The first kappa shape index (κ1) is 14.6. The summed E-state index contributed by atoms with van der Waals surface area (Å²) < 4.78 is 40.4. The van der Waals surface area contributed by atoms with Crippen LogP contribution in [0.5, 0.6) is 0 Å². The molecule has 0 saturated heterocycles. The Kier molecular flexibility index (Phi) is 4.17. The average Bonchev–Trinajstić information content (AvgIpc) is 2.35. The summed E-state index contributed by atoms with van der Waals surface area (Å²) >= 11 is 0. The van der Waals surface area contributed by atoms with Gasteiger partial charge in [0.1, 0.15) is 6.61 Å². The van der Waals surface area contributed by atoms with Crippen molar-refractivity contribution in [2.24, 2.45) is 0 Å². The maximum absolute atomic E-state index is 12.0. The lowest BCUT2D eigenvalue weighted by molar-refractivity contribution is -0.173. The van der Waals surface area contributed by atoms with Crippen LogP contribution in [0.25, 0.3) is 0 Å². The number of aryl methyl sites for hydroxylation is 1. The highest BCUT2D eigenvalue weighted by Crippen LogP contribution is 2.29. The number of amides is 1. The molecule has 110 valence electrons. The van der Waals surface area contributed by atoms with Crippen molar-refractivity contribution in [3.8, 4) is 0 Å². The second kappa shape index (κ2) is 5.70. The lowest BCUT2D eigenvalue weighted by Gasteiger charge is -2.29. The molecule has 0 saturated carbocycles. The highest BCUT2D eigenvalue weighted by Gasteiger charge is 2.28. The van der Waals surface area contributed by atoms with E-state index in [1.54, 1.807) is 18.2 Å². The van der Waals surface area contributed by atoms with Crippen molar-refractivity contribution in [2.45, 2.75) is 19.0 Å². The molecule has 1 aliphatic heterocycles. The number of halogens is 3. The number of ether oxygens (including phenoxy) is 1. The number of benzene rings is 1. The van der Waals surface area contributed by atoms with Crippen LogP contribution in [-0.4, -0.2) is 31.8 Å². The van der Waals surface area contributed by atoms with E-state index < -0.39 is 12.8 Å². The molecule has 0 aromatic heterocycles. The van der Waals surface area contributed by atoms with E-state index in [0.29, 0.717) is 24.2 Å². The highest BCUT2D eigenvalue weighted by molar-refractivity contribution is 5.96. The molecule has 2 N–H and O–H groups in total. The molecular formula is C13H15F3N2O2. The van der Waals surface area contributed by atoms with Gasteiger partial charge in [0.15, 0.2) is 0 Å². The van der Waals surface area contributed by atoms with Crippen LogP contribution in [0.15, 0.2) is 18.2 Å². The van der Waals surface area contributed by atoms with Crippen molar-refractivity contribution >= 4 is 17.3 Å². The van der Waals surface area contributed by atoms with Crippen molar-refractivity contribution in [3.63, 3.8) is 0 Å². The standard InChI is InChI=1S/C13H15F3N2O2/c14-13(15,16)8-20-6-5-18-11-3-2-10(17)7-9(11)1-4-12(18)19/h2-3,7H,1,4-6,8,17H2. The smallest absolute Gasteiger partial charge is 0.399 e. The molecule has 0 spiro atoms. The van der Waals surface area contributed by atoms with Gasteiger partial charge in [0.25, 0.3) is 0 Å². The quantitative estimate of drug-likeness (QED) is 0.682. The second-order valence-corrected chi connectivity index (χ2v) is 4.60. The third-order valence-corrected chi connectivity index (χ3v) is 3.03. The van der Waals surface area contributed by atoms with E-state index in [1.807, 2.05) is 0 Å². The summed E-state index contributed by atoms with van der Waals surface area (Å²) in [6.07, 6.45) is -3.42. The Labute approximate surface area is 114 Å². The zero-order chi connectivity index (χ0) is 14.8. The third kappa shape index (κ3) is 3.63. The lowest BCUT2D eigenvalue weighted by Crippen LogP contribution is -2.38. The molecule has 4 nitrogen and oxygen atoms in total. The minimum Gasteiger partial charge on any atom is -0.399 e. The maximum atomic E-state index is 12.0. The number of carbonyl (C=O) groups excluding carboxylic acids is 1. The second-order valence-electron chi connectivity index (χ2n) is 4.60. The van der Waals surface area contributed by atoms with Gasteiger partial charge in [0, 0.05) is 24.3 Å². The van der Waals surface area contributed by atoms with Gasteiger partial charge in [-0.15, -0.1) is 0 Å². The number of hydrogen-bond donors (Lipinski definition) is 1. The first-order valence-corrected chi connectivity index (χ1v) is 6.20. The van der Waals surface area contributed by atoms with Crippen molar-refractivity contribution in [2.75, 3.05) is 30.4 Å². The molecule has 20 heavy (non-hydrogen) atoms. The number of nitrogen functional groups attached to an aromatic ring is 1. The summed E-state index contributed by atoms with van der Waals surface area (Å²) in [6.45, 7) is -1.36. The van der Waals surface area contributed by atoms with Gasteiger partial charge < -0.3 is 15.4 Å². The van der Waals surface area contributed by atoms with Gasteiger partial charge >= 0.3 is 6.18 Å². The minimum atomic E-state index is -4.35. The van der Waals surface area contributed by atoms with Gasteiger partial charge in [-0.1, -0.05) is 0 Å². The molecule has 0 aliphatic carbocycles. The number of nitrogens with two attached hydrogens (primary N) is 1. The number of alkyl halides is 3. The van der Waals surface area contributed by atoms with E-state index in [2.05, 4.69) is 4.74 Å². The summed E-state index contributed by atoms with van der Waals surface area (Å²) in [5, 5.41) is 0. The molecule has 1 aliphatic rings. The normalized spacial score (nSPS) is 15.3. The van der Waals surface area contributed by atoms with E-state index in [1.165, 1.54) is 4.90 Å². The molecular weight excluding hydrogens is 273 g/mol. The van der Waals surface area contributed by atoms with Gasteiger partial charge in [-0.2, -0.15) is 13.2 Å². The number of anilines is 2. The topological polar surface area (TPSA) is 55.6 Å². The van der Waals surface area contributed by atoms with E-state index in [0.717, 1.165) is 5.56 Å². The predicted molar refractivity (Wildman–Crippen MR) is 68.4 cm³/mol. The minimum absolute atomic E-state index is 0.103. The Hall–Kier alpha value is -1.76. The molecule has 1 aromatic rings. The monoisotopic (exact) mass is 288 g/mol. The maximum Gasteiger partial charge on any atom is 0.411 e. The van der Waals surface area contributed by atoms with Crippen LogP contribution in [0.3, 0.4) is 0 Å². The molecule has 0 radical (unpaired) electrons. The van der Waals surface area contributed by atoms with Crippen LogP contribution in [0.1, 0.15) is 12.0 Å². The fraction of sp³-hybridized carbons (Fsp3) is 0.462. The van der Waals surface area contributed by atoms with Crippen LogP contribution < -0.4 is 10.6 Å². The molecule has 2 rings (SSSR count). The van der Waals surface area contributed by atoms with E-state index in [9.17, 15) is 18.0 Å². The van der Waals surface area contributed by atoms with Gasteiger partial charge in [0.2, 0.25) is 5.91 Å². The van der Waals surface area contributed by atoms with Crippen molar-refractivity contribution < 1.29 is 22.7 Å². The Morgan fingerprint density at radius 3 is 2.75 bits per heavy atom. The van der Waals surface area contributed by atoms with Crippen LogP contribution in [0.4, 0.5) is 24.5 Å². The Bertz CT molecular complexity index is 503. The highest BCUT2D eigenvalue weighted by atomic mass is 19.4. The fourth-order valence-electron chi connectivity index (χ4n) is 2.17. The Morgan fingerprint density at radius 1 is 1.30 bits per heavy atom. The van der Waals surface area contributed by atoms with E-state index >= 15 is 0 Å². The zero-order valence-electron chi connectivity index (χ0n) is 10.7. The van der Waals surface area contributed by atoms with E-state index in [4.69, 9.17) is 5.73 Å². The van der Waals surface area contributed by atoms with Crippen LogP contribution in [0.2, 0.25) is 0 Å². The molecule has 0 bridgehead atoms. The molecule has 0 unspecified atom stereocenters. The van der Waals surface area contributed by atoms with E-state index in [-0.39, 0.29) is 19.1 Å². The number of hydrogen-bond acceptors (Lipinski definition) is 3. The Balaban J connectivity index is 1.99. The summed E-state index contributed by atoms with van der Waals surface area (Å²) in [6, 6.07) is 5.16. The van der Waals surface area contributed by atoms with Gasteiger partial charge in [-0.25, -0.2) is 0 Å². The van der Waals surface area contributed by atoms with Crippen LogP contribution in [-0.2, 0) is 16.0 Å². The van der Waals surface area contributed by atoms with Crippen molar-refractivity contribution in [3.05, 3.63) is 23.8 Å². The predicted octanol–water partition coefficient (Wildman–Crippen LogP) is 2.13. The molecule has 1 amide bonds. The van der Waals surface area contributed by atoms with Gasteiger partial charge in [-0.05, 0) is 30.2 Å². The third-order valence-electron chi connectivity index (χ3n) is 3.03. The summed E-state index contributed by atoms with van der Waals surface area (Å²) in [5.41, 5.74) is 7.91. The van der Waals surface area contributed by atoms with Crippen LogP contribution >= 0.6 is 0 Å². The summed E-state index contributed by atoms with van der Waals surface area (Å²) in [5.74, 6) is -0.113. The molecule has 0 fully saturated rings. The molecule has 1 heterocycles. The largest absolute Gasteiger partial charge is 0.411 e. The first-order chi connectivity index (χ1) is 9.37. The summed E-state index contributed by atoms with van der Waals surface area (Å²) in [4.78, 5) is 13.3. The lowest BCUT2D eigenvalue weighted by atomic mass is 10.0. The SMILES string of the molecule is Nc1ccc2c(c1)CCC(=O)N2CCOCC(F)(F)F. The Morgan fingerprint density at radius 2 is 2.05 bits per heavy atom. The number of fused-ring (bicyclic) bond motifs is 1. The first-order valence-electron chi connectivity index (χ1n) is 6.20. The zero-order valence-corrected chi connectivity index (χ0v) is 10.7. The van der Waals surface area contributed by atoms with Crippen molar-refractivity contribution in [1.29, 1.82) is 0 Å². The average molecular weight is 288 g/mol. The molecule has 0 atom stereocenters. The van der Waals surface area contributed by atoms with Gasteiger partial charge in [-0.3, -0.25) is 4.79 Å².